The number of aromatic carboxylic acids is 1. The monoisotopic (exact) mass is 300 g/mol. The van der Waals surface area contributed by atoms with Crippen molar-refractivity contribution >= 4 is 17.8 Å². The van der Waals surface area contributed by atoms with Crippen LogP contribution in [0.2, 0.25) is 0 Å². The minimum Gasteiger partial charge on any atom is -0.478 e. The van der Waals surface area contributed by atoms with Gasteiger partial charge in [-0.15, -0.1) is 0 Å². The van der Waals surface area contributed by atoms with E-state index in [-0.39, 0.29) is 29.5 Å². The second-order valence-electron chi connectivity index (χ2n) is 5.31. The molecule has 0 fully saturated rings. The lowest BCUT2D eigenvalue weighted by Crippen LogP contribution is -2.50. The minimum absolute atomic E-state index is 0.137. The number of carbonyl (C=O) groups is 2. The van der Waals surface area contributed by atoms with E-state index in [1.165, 1.54) is 0 Å². The van der Waals surface area contributed by atoms with Crippen LogP contribution in [0.5, 0.6) is 0 Å². The van der Waals surface area contributed by atoms with E-state index in [1.807, 2.05) is 6.20 Å². The molecule has 22 heavy (non-hydrogen) atoms. The fourth-order valence-electron chi connectivity index (χ4n) is 2.72. The van der Waals surface area contributed by atoms with Crippen LogP contribution in [0.1, 0.15) is 22.3 Å². The van der Waals surface area contributed by atoms with E-state index >= 15 is 0 Å². The number of hydrogen-bond donors (Lipinski definition) is 4. The van der Waals surface area contributed by atoms with Gasteiger partial charge in [-0.1, -0.05) is 12.1 Å². The average Bonchev–Trinajstić information content (AvgIpc) is 2.88. The number of nitrogens with zero attached hydrogens (tertiary/aromatic N) is 1. The summed E-state index contributed by atoms with van der Waals surface area (Å²) in [6.45, 7) is 0. The Morgan fingerprint density at radius 2 is 2.00 bits per heavy atom. The molecule has 0 spiro atoms. The number of aliphatic imine (C=N–C) groups is 1. The van der Waals surface area contributed by atoms with Crippen LogP contribution in [0.15, 0.2) is 41.0 Å². The molecule has 7 nitrogen and oxygen atoms in total. The molecule has 114 valence electrons. The molecule has 2 aliphatic heterocycles. The van der Waals surface area contributed by atoms with Gasteiger partial charge in [-0.25, -0.2) is 9.79 Å². The van der Waals surface area contributed by atoms with Crippen molar-refractivity contribution in [1.82, 2.24) is 10.6 Å². The van der Waals surface area contributed by atoms with Crippen molar-refractivity contribution in [3.63, 3.8) is 0 Å². The topological polar surface area (TPSA) is 117 Å². The number of amides is 1. The predicted octanol–water partition coefficient (Wildman–Crippen LogP) is 0.191. The number of rotatable bonds is 4. The Kier molecular flexibility index (Phi) is 3.54. The third-order valence-electron chi connectivity index (χ3n) is 3.87. The lowest BCUT2D eigenvalue weighted by atomic mass is 9.92. The van der Waals surface area contributed by atoms with Crippen molar-refractivity contribution in [3.8, 4) is 0 Å². The molecule has 0 saturated carbocycles. The number of carboxylic acid groups (broad SMARTS) is 1. The van der Waals surface area contributed by atoms with Crippen molar-refractivity contribution in [3.05, 3.63) is 47.2 Å². The van der Waals surface area contributed by atoms with Gasteiger partial charge in [0.15, 0.2) is 5.96 Å². The molecule has 1 aromatic carbocycles. The number of fused-ring (bicyclic) bond motifs is 1. The van der Waals surface area contributed by atoms with Crippen LogP contribution in [0.3, 0.4) is 0 Å². The quantitative estimate of drug-likeness (QED) is 0.633. The van der Waals surface area contributed by atoms with E-state index in [1.54, 1.807) is 24.3 Å². The Morgan fingerprint density at radius 1 is 1.27 bits per heavy atom. The van der Waals surface area contributed by atoms with Gasteiger partial charge < -0.3 is 16.2 Å². The van der Waals surface area contributed by atoms with E-state index < -0.39 is 5.97 Å². The molecule has 0 aliphatic carbocycles. The highest BCUT2D eigenvalue weighted by atomic mass is 16.4. The highest BCUT2D eigenvalue weighted by Gasteiger charge is 2.38. The van der Waals surface area contributed by atoms with E-state index in [4.69, 9.17) is 10.8 Å². The summed E-state index contributed by atoms with van der Waals surface area (Å²) in [6.07, 6.45) is 2.92. The predicted molar refractivity (Wildman–Crippen MR) is 80.0 cm³/mol. The first-order valence-corrected chi connectivity index (χ1v) is 6.96. The van der Waals surface area contributed by atoms with Crippen LogP contribution < -0.4 is 16.4 Å². The van der Waals surface area contributed by atoms with Gasteiger partial charge in [-0.3, -0.25) is 10.1 Å². The lowest BCUT2D eigenvalue weighted by molar-refractivity contribution is -0.123. The van der Waals surface area contributed by atoms with Crippen molar-refractivity contribution in [2.24, 2.45) is 16.6 Å². The molecular formula is C15H16N4O3. The first-order chi connectivity index (χ1) is 10.5. The minimum atomic E-state index is -0.938. The Hall–Kier alpha value is -2.83. The standard InChI is InChI=1S/C15H16N4O3/c16-15-18-12-11(13(20)19-15)10(7-17-12)6-3-8-1-4-9(5-2-8)14(21)22/h1-2,4-5,7,11-12,17H,3,6H2,(H,21,22)(H3,16,18,19,20). The zero-order valence-electron chi connectivity index (χ0n) is 11.7. The maximum Gasteiger partial charge on any atom is 0.335 e. The van der Waals surface area contributed by atoms with Crippen LogP contribution in [-0.2, 0) is 11.2 Å². The van der Waals surface area contributed by atoms with Gasteiger partial charge in [0.1, 0.15) is 12.1 Å². The van der Waals surface area contributed by atoms with E-state index in [0.29, 0.717) is 6.42 Å². The van der Waals surface area contributed by atoms with Crippen molar-refractivity contribution in [2.45, 2.75) is 19.0 Å². The van der Waals surface area contributed by atoms with Crippen molar-refractivity contribution < 1.29 is 14.7 Å². The van der Waals surface area contributed by atoms with Crippen molar-refractivity contribution in [1.29, 1.82) is 0 Å². The first kappa shape index (κ1) is 14.1. The zero-order chi connectivity index (χ0) is 15.7. The molecule has 2 unspecified atom stereocenters. The second-order valence-corrected chi connectivity index (χ2v) is 5.31. The molecule has 2 aliphatic rings. The molecule has 1 amide bonds. The smallest absolute Gasteiger partial charge is 0.335 e. The Balaban J connectivity index is 1.65. The normalized spacial score (nSPS) is 23.0. The molecule has 0 radical (unpaired) electrons. The maximum absolute atomic E-state index is 12.0. The molecule has 7 heteroatoms. The van der Waals surface area contributed by atoms with Crippen LogP contribution in [0.4, 0.5) is 0 Å². The first-order valence-electron chi connectivity index (χ1n) is 6.96. The number of benzene rings is 1. The number of carboxylic acids is 1. The fourth-order valence-corrected chi connectivity index (χ4v) is 2.72. The Morgan fingerprint density at radius 3 is 2.68 bits per heavy atom. The van der Waals surface area contributed by atoms with Crippen molar-refractivity contribution in [2.75, 3.05) is 0 Å². The number of hydrogen-bond acceptors (Lipinski definition) is 5. The molecule has 2 atom stereocenters. The SMILES string of the molecule is NC1=NC2NC=C(CCc3ccc(C(=O)O)cc3)C2C(=O)N1. The summed E-state index contributed by atoms with van der Waals surface area (Å²) in [5.41, 5.74) is 7.80. The summed E-state index contributed by atoms with van der Waals surface area (Å²) in [7, 11) is 0. The van der Waals surface area contributed by atoms with Gasteiger partial charge in [-0.2, -0.15) is 0 Å². The van der Waals surface area contributed by atoms with E-state index in [9.17, 15) is 9.59 Å². The molecule has 1 aromatic rings. The summed E-state index contributed by atoms with van der Waals surface area (Å²) in [5, 5.41) is 14.5. The highest BCUT2D eigenvalue weighted by Crippen LogP contribution is 2.28. The third-order valence-corrected chi connectivity index (χ3v) is 3.87. The zero-order valence-corrected chi connectivity index (χ0v) is 11.7. The maximum atomic E-state index is 12.0. The van der Waals surface area contributed by atoms with Gasteiger partial charge in [0, 0.05) is 0 Å². The Labute approximate surface area is 126 Å². The summed E-state index contributed by atoms with van der Waals surface area (Å²) in [5.74, 6) is -1.27. The molecule has 0 saturated heterocycles. The molecular weight excluding hydrogens is 284 g/mol. The van der Waals surface area contributed by atoms with E-state index in [0.717, 1.165) is 17.6 Å². The number of carbonyl (C=O) groups excluding carboxylic acids is 1. The number of aryl methyl sites for hydroxylation is 1. The average molecular weight is 300 g/mol. The molecule has 3 rings (SSSR count). The summed E-state index contributed by atoms with van der Waals surface area (Å²) in [4.78, 5) is 27.0. The van der Waals surface area contributed by atoms with Gasteiger partial charge >= 0.3 is 5.97 Å². The highest BCUT2D eigenvalue weighted by molar-refractivity contribution is 6.01. The van der Waals surface area contributed by atoms with Crippen LogP contribution >= 0.6 is 0 Å². The number of nitrogens with two attached hydrogens (primary N) is 1. The van der Waals surface area contributed by atoms with Crippen LogP contribution in [0.25, 0.3) is 0 Å². The summed E-state index contributed by atoms with van der Waals surface area (Å²) in [6, 6.07) is 6.75. The van der Waals surface area contributed by atoms with E-state index in [2.05, 4.69) is 15.6 Å². The Bertz CT molecular complexity index is 679. The molecule has 0 bridgehead atoms. The number of nitrogens with one attached hydrogen (secondary N) is 2. The van der Waals surface area contributed by atoms with Gasteiger partial charge in [0.05, 0.1) is 5.56 Å². The van der Waals surface area contributed by atoms with Gasteiger partial charge in [0.2, 0.25) is 5.91 Å². The summed E-state index contributed by atoms with van der Waals surface area (Å²) >= 11 is 0. The third kappa shape index (κ3) is 2.65. The molecule has 0 aromatic heterocycles. The molecule has 5 N–H and O–H groups in total. The van der Waals surface area contributed by atoms with Gasteiger partial charge in [0.25, 0.3) is 0 Å². The summed E-state index contributed by atoms with van der Waals surface area (Å²) < 4.78 is 0. The molecule has 2 heterocycles. The lowest BCUT2D eigenvalue weighted by Gasteiger charge is -2.24. The van der Waals surface area contributed by atoms with Crippen LogP contribution in [0, 0.1) is 5.92 Å². The largest absolute Gasteiger partial charge is 0.478 e. The fraction of sp³-hybridized carbons (Fsp3) is 0.267. The van der Waals surface area contributed by atoms with Gasteiger partial charge in [-0.05, 0) is 42.3 Å². The number of guanidine groups is 1. The van der Waals surface area contributed by atoms with Crippen LogP contribution in [-0.4, -0.2) is 29.1 Å². The second kappa shape index (κ2) is 5.51.